The predicted molar refractivity (Wildman–Crippen MR) is 86.4 cm³/mol. The van der Waals surface area contributed by atoms with Crippen LogP contribution in [0.25, 0.3) is 0 Å². The minimum Gasteiger partial charge on any atom is -0.497 e. The molecule has 114 valence electrons. The smallest absolute Gasteiger partial charge is 0.224 e. The number of aryl methyl sites for hydroxylation is 1. The van der Waals surface area contributed by atoms with Crippen molar-refractivity contribution in [3.8, 4) is 5.75 Å². The minimum absolute atomic E-state index is 0.0191. The Bertz CT molecular complexity index is 662. The maximum atomic E-state index is 12.0. The van der Waals surface area contributed by atoms with Gasteiger partial charge in [0.2, 0.25) is 5.91 Å². The maximum Gasteiger partial charge on any atom is 0.224 e. The van der Waals surface area contributed by atoms with Crippen LogP contribution in [-0.2, 0) is 11.2 Å². The Morgan fingerprint density at radius 1 is 1.09 bits per heavy atom. The Balaban J connectivity index is 1.89. The fourth-order valence-corrected chi connectivity index (χ4v) is 2.09. The highest BCUT2D eigenvalue weighted by molar-refractivity contribution is 5.97. The summed E-state index contributed by atoms with van der Waals surface area (Å²) >= 11 is 0. The molecule has 2 aromatic carbocycles. The molecule has 4 heteroatoms. The van der Waals surface area contributed by atoms with Crippen LogP contribution >= 0.6 is 0 Å². The number of methoxy groups -OCH3 is 1. The molecule has 22 heavy (non-hydrogen) atoms. The largest absolute Gasteiger partial charge is 0.497 e. The van der Waals surface area contributed by atoms with Crippen LogP contribution in [0.4, 0.5) is 5.69 Å². The molecule has 0 aliphatic carbocycles. The molecule has 0 spiro atoms. The highest BCUT2D eigenvalue weighted by Gasteiger charge is 2.05. The van der Waals surface area contributed by atoms with E-state index in [-0.39, 0.29) is 11.7 Å². The monoisotopic (exact) mass is 297 g/mol. The van der Waals surface area contributed by atoms with Crippen molar-refractivity contribution in [2.24, 2.45) is 0 Å². The molecule has 0 heterocycles. The first-order valence-corrected chi connectivity index (χ1v) is 7.12. The molecular formula is C18H19NO3. The maximum absolute atomic E-state index is 12.0. The third kappa shape index (κ3) is 4.45. The van der Waals surface area contributed by atoms with Gasteiger partial charge in [-0.3, -0.25) is 9.59 Å². The molecule has 0 fully saturated rings. The lowest BCUT2D eigenvalue weighted by Crippen LogP contribution is -2.12. The molecule has 0 saturated heterocycles. The Labute approximate surface area is 130 Å². The molecule has 2 aromatic rings. The summed E-state index contributed by atoms with van der Waals surface area (Å²) in [6.07, 6.45) is 1.04. The average molecular weight is 297 g/mol. The number of nitrogens with one attached hydrogen (secondary N) is 1. The van der Waals surface area contributed by atoms with Crippen molar-refractivity contribution in [1.29, 1.82) is 0 Å². The first-order valence-electron chi connectivity index (χ1n) is 7.12. The summed E-state index contributed by atoms with van der Waals surface area (Å²) in [5, 5.41) is 2.81. The molecule has 0 aromatic heterocycles. The molecule has 1 amide bonds. The number of hydrogen-bond acceptors (Lipinski definition) is 3. The fourth-order valence-electron chi connectivity index (χ4n) is 2.09. The van der Waals surface area contributed by atoms with Crippen molar-refractivity contribution < 1.29 is 14.3 Å². The van der Waals surface area contributed by atoms with Gasteiger partial charge in [-0.25, -0.2) is 0 Å². The van der Waals surface area contributed by atoms with Gasteiger partial charge in [0, 0.05) is 17.7 Å². The van der Waals surface area contributed by atoms with Gasteiger partial charge in [-0.1, -0.05) is 24.3 Å². The van der Waals surface area contributed by atoms with Gasteiger partial charge >= 0.3 is 0 Å². The zero-order valence-electron chi connectivity index (χ0n) is 12.8. The number of rotatable bonds is 6. The predicted octanol–water partition coefficient (Wildman–Crippen LogP) is 3.47. The van der Waals surface area contributed by atoms with Crippen LogP contribution in [0.1, 0.15) is 29.3 Å². The number of ether oxygens (including phenoxy) is 1. The van der Waals surface area contributed by atoms with Gasteiger partial charge in [0.05, 0.1) is 7.11 Å². The summed E-state index contributed by atoms with van der Waals surface area (Å²) < 4.78 is 5.10. The van der Waals surface area contributed by atoms with Gasteiger partial charge in [0.25, 0.3) is 0 Å². The molecular weight excluding hydrogens is 278 g/mol. The number of ketones is 1. The van der Waals surface area contributed by atoms with E-state index in [2.05, 4.69) is 5.32 Å². The van der Waals surface area contributed by atoms with Gasteiger partial charge < -0.3 is 10.1 Å². The number of carbonyl (C=O) groups is 2. The van der Waals surface area contributed by atoms with Crippen molar-refractivity contribution in [3.63, 3.8) is 0 Å². The number of Topliss-reactive ketones (excluding diaryl/α,β-unsaturated/α-hetero) is 1. The van der Waals surface area contributed by atoms with Crippen LogP contribution in [0.15, 0.2) is 48.5 Å². The molecule has 0 saturated carbocycles. The molecule has 0 aliphatic heterocycles. The Kier molecular flexibility index (Phi) is 5.31. The summed E-state index contributed by atoms with van der Waals surface area (Å²) in [5.74, 6) is 0.708. The highest BCUT2D eigenvalue weighted by atomic mass is 16.5. The van der Waals surface area contributed by atoms with E-state index in [0.29, 0.717) is 24.1 Å². The quantitative estimate of drug-likeness (QED) is 0.831. The summed E-state index contributed by atoms with van der Waals surface area (Å²) in [5.41, 5.74) is 2.31. The number of hydrogen-bond donors (Lipinski definition) is 1. The third-order valence-electron chi connectivity index (χ3n) is 3.35. The molecule has 1 N–H and O–H groups in total. The summed E-state index contributed by atoms with van der Waals surface area (Å²) in [4.78, 5) is 23.3. The van der Waals surface area contributed by atoms with E-state index in [0.717, 1.165) is 11.3 Å². The van der Waals surface area contributed by atoms with Gasteiger partial charge in [-0.05, 0) is 43.2 Å². The van der Waals surface area contributed by atoms with Crippen molar-refractivity contribution in [1.82, 2.24) is 0 Å². The summed E-state index contributed by atoms with van der Waals surface area (Å²) in [6, 6.07) is 14.6. The van der Waals surface area contributed by atoms with E-state index in [1.54, 1.807) is 31.4 Å². The molecule has 0 atom stereocenters. The SMILES string of the molecule is COc1ccc(CCC(=O)Nc2cccc(C(C)=O)c2)cc1. The molecule has 0 bridgehead atoms. The van der Waals surface area contributed by atoms with E-state index < -0.39 is 0 Å². The number of benzene rings is 2. The van der Waals surface area contributed by atoms with Gasteiger partial charge in [-0.15, -0.1) is 0 Å². The molecule has 2 rings (SSSR count). The van der Waals surface area contributed by atoms with Crippen LogP contribution < -0.4 is 10.1 Å². The second-order valence-corrected chi connectivity index (χ2v) is 5.03. The van der Waals surface area contributed by atoms with Crippen molar-refractivity contribution >= 4 is 17.4 Å². The second kappa shape index (κ2) is 7.41. The molecule has 0 unspecified atom stereocenters. The Morgan fingerprint density at radius 2 is 1.82 bits per heavy atom. The second-order valence-electron chi connectivity index (χ2n) is 5.03. The van der Waals surface area contributed by atoms with Crippen molar-refractivity contribution in [3.05, 3.63) is 59.7 Å². The first-order chi connectivity index (χ1) is 10.6. The van der Waals surface area contributed by atoms with Gasteiger partial charge in [0.1, 0.15) is 5.75 Å². The van der Waals surface area contributed by atoms with Crippen molar-refractivity contribution in [2.45, 2.75) is 19.8 Å². The van der Waals surface area contributed by atoms with Crippen LogP contribution in [0, 0.1) is 0 Å². The minimum atomic E-state index is -0.0727. The van der Waals surface area contributed by atoms with E-state index in [1.165, 1.54) is 6.92 Å². The normalized spacial score (nSPS) is 10.1. The van der Waals surface area contributed by atoms with Crippen LogP contribution in [0.2, 0.25) is 0 Å². The first kappa shape index (κ1) is 15.8. The van der Waals surface area contributed by atoms with Crippen LogP contribution in [0.3, 0.4) is 0 Å². The van der Waals surface area contributed by atoms with E-state index in [9.17, 15) is 9.59 Å². The molecule has 4 nitrogen and oxygen atoms in total. The number of anilines is 1. The zero-order chi connectivity index (χ0) is 15.9. The summed E-state index contributed by atoms with van der Waals surface area (Å²) in [7, 11) is 1.62. The Hall–Kier alpha value is -2.62. The highest BCUT2D eigenvalue weighted by Crippen LogP contribution is 2.14. The lowest BCUT2D eigenvalue weighted by atomic mass is 10.1. The molecule has 0 aliphatic rings. The summed E-state index contributed by atoms with van der Waals surface area (Å²) in [6.45, 7) is 1.50. The van der Waals surface area contributed by atoms with E-state index >= 15 is 0 Å². The number of amides is 1. The van der Waals surface area contributed by atoms with E-state index in [4.69, 9.17) is 4.74 Å². The molecule has 0 radical (unpaired) electrons. The number of carbonyl (C=O) groups excluding carboxylic acids is 2. The zero-order valence-corrected chi connectivity index (χ0v) is 12.8. The average Bonchev–Trinajstić information content (AvgIpc) is 2.53. The standard InChI is InChI=1S/C18H19NO3/c1-13(20)15-4-3-5-16(12-15)19-18(21)11-8-14-6-9-17(22-2)10-7-14/h3-7,9-10,12H,8,11H2,1-2H3,(H,19,21). The van der Waals surface area contributed by atoms with E-state index in [1.807, 2.05) is 24.3 Å². The van der Waals surface area contributed by atoms with Crippen LogP contribution in [0.5, 0.6) is 5.75 Å². The van der Waals surface area contributed by atoms with Crippen LogP contribution in [-0.4, -0.2) is 18.8 Å². The Morgan fingerprint density at radius 3 is 2.45 bits per heavy atom. The van der Waals surface area contributed by atoms with Crippen molar-refractivity contribution in [2.75, 3.05) is 12.4 Å². The lowest BCUT2D eigenvalue weighted by molar-refractivity contribution is -0.116. The fraction of sp³-hybridized carbons (Fsp3) is 0.222. The topological polar surface area (TPSA) is 55.4 Å². The lowest BCUT2D eigenvalue weighted by Gasteiger charge is -2.07. The van der Waals surface area contributed by atoms with Gasteiger partial charge in [-0.2, -0.15) is 0 Å². The van der Waals surface area contributed by atoms with Gasteiger partial charge in [0.15, 0.2) is 5.78 Å². The third-order valence-corrected chi connectivity index (χ3v) is 3.35.